The van der Waals surface area contributed by atoms with Crippen molar-refractivity contribution in [1.82, 2.24) is 15.5 Å². The third-order valence-electron chi connectivity index (χ3n) is 4.17. The first-order valence-electron chi connectivity index (χ1n) is 8.57. The normalized spacial score (nSPS) is 19.0. The third-order valence-corrected chi connectivity index (χ3v) is 4.17. The molecule has 0 aliphatic carbocycles. The van der Waals surface area contributed by atoms with Crippen molar-refractivity contribution in [2.24, 2.45) is 0 Å². The lowest BCUT2D eigenvalue weighted by Gasteiger charge is -2.34. The van der Waals surface area contributed by atoms with Crippen molar-refractivity contribution >= 4 is 5.91 Å². The van der Waals surface area contributed by atoms with Crippen LogP contribution in [0.15, 0.2) is 30.3 Å². The fourth-order valence-corrected chi connectivity index (χ4v) is 2.99. The summed E-state index contributed by atoms with van der Waals surface area (Å²) in [6, 6.07) is 10.5. The van der Waals surface area contributed by atoms with Crippen LogP contribution in [0.4, 0.5) is 0 Å². The molecule has 0 aromatic heterocycles. The van der Waals surface area contributed by atoms with E-state index >= 15 is 0 Å². The Bertz CT molecular complexity index is 435. The van der Waals surface area contributed by atoms with Crippen LogP contribution in [0.1, 0.15) is 38.2 Å². The van der Waals surface area contributed by atoms with E-state index in [1.165, 1.54) is 12.0 Å². The van der Waals surface area contributed by atoms with Gasteiger partial charge < -0.3 is 10.6 Å². The Balaban J connectivity index is 1.82. The van der Waals surface area contributed by atoms with Gasteiger partial charge in [-0.05, 0) is 37.9 Å². The Morgan fingerprint density at radius 3 is 2.77 bits per heavy atom. The first kappa shape index (κ1) is 17.0. The summed E-state index contributed by atoms with van der Waals surface area (Å²) in [4.78, 5) is 14.8. The van der Waals surface area contributed by atoms with Gasteiger partial charge in [0.05, 0.1) is 6.04 Å². The van der Waals surface area contributed by atoms with Crippen molar-refractivity contribution in [3.8, 4) is 0 Å². The highest BCUT2D eigenvalue weighted by Crippen LogP contribution is 2.19. The number of amides is 1. The van der Waals surface area contributed by atoms with Gasteiger partial charge in [-0.1, -0.05) is 43.7 Å². The first-order chi connectivity index (χ1) is 10.8. The van der Waals surface area contributed by atoms with Crippen molar-refractivity contribution in [2.45, 2.75) is 45.2 Å². The summed E-state index contributed by atoms with van der Waals surface area (Å²) in [6.07, 6.45) is 4.44. The number of carbonyl (C=O) groups is 1. The van der Waals surface area contributed by atoms with Gasteiger partial charge in [-0.2, -0.15) is 0 Å². The summed E-state index contributed by atoms with van der Waals surface area (Å²) in [7, 11) is 0. The monoisotopic (exact) mass is 303 g/mol. The molecule has 1 aromatic carbocycles. The van der Waals surface area contributed by atoms with Crippen LogP contribution in [0.5, 0.6) is 0 Å². The van der Waals surface area contributed by atoms with E-state index in [4.69, 9.17) is 0 Å². The number of nitrogens with zero attached hydrogens (tertiary/aromatic N) is 1. The van der Waals surface area contributed by atoms with E-state index in [9.17, 15) is 4.79 Å². The van der Waals surface area contributed by atoms with Crippen LogP contribution in [0.2, 0.25) is 0 Å². The maximum atomic E-state index is 12.5. The number of hydrogen-bond donors (Lipinski definition) is 2. The molecule has 0 radical (unpaired) electrons. The molecule has 2 rings (SSSR count). The van der Waals surface area contributed by atoms with Gasteiger partial charge in [-0.3, -0.25) is 9.69 Å². The molecule has 0 saturated carbocycles. The van der Waals surface area contributed by atoms with Gasteiger partial charge in [-0.15, -0.1) is 0 Å². The standard InChI is InChI=1S/C18H29N3O/c1-2-11-19-12-13-20-18(22)17-10-6-7-14-21(17)15-16-8-4-3-5-9-16/h3-5,8-9,17,19H,2,6-7,10-15H2,1H3,(H,20,22). The molecule has 1 aliphatic heterocycles. The van der Waals surface area contributed by atoms with Gasteiger partial charge in [0.2, 0.25) is 5.91 Å². The second kappa shape index (κ2) is 9.59. The molecule has 1 fully saturated rings. The van der Waals surface area contributed by atoms with Crippen molar-refractivity contribution < 1.29 is 4.79 Å². The van der Waals surface area contributed by atoms with Gasteiger partial charge in [-0.25, -0.2) is 0 Å². The van der Waals surface area contributed by atoms with E-state index in [-0.39, 0.29) is 11.9 Å². The Hall–Kier alpha value is -1.39. The predicted molar refractivity (Wildman–Crippen MR) is 90.7 cm³/mol. The molecule has 0 spiro atoms. The third kappa shape index (κ3) is 5.43. The van der Waals surface area contributed by atoms with Crippen molar-refractivity contribution in [1.29, 1.82) is 0 Å². The molecular formula is C18H29N3O. The van der Waals surface area contributed by atoms with E-state index in [0.717, 1.165) is 45.4 Å². The molecule has 0 bridgehead atoms. The van der Waals surface area contributed by atoms with Crippen LogP contribution < -0.4 is 10.6 Å². The number of nitrogens with one attached hydrogen (secondary N) is 2. The summed E-state index contributed by atoms with van der Waals surface area (Å²) in [6.45, 7) is 6.61. The maximum absolute atomic E-state index is 12.5. The zero-order valence-electron chi connectivity index (χ0n) is 13.7. The molecule has 1 unspecified atom stereocenters. The molecule has 2 N–H and O–H groups in total. The van der Waals surface area contributed by atoms with E-state index in [1.54, 1.807) is 0 Å². The molecule has 4 nitrogen and oxygen atoms in total. The maximum Gasteiger partial charge on any atom is 0.237 e. The van der Waals surface area contributed by atoms with Gasteiger partial charge in [0.1, 0.15) is 0 Å². The van der Waals surface area contributed by atoms with Crippen molar-refractivity contribution in [3.63, 3.8) is 0 Å². The quantitative estimate of drug-likeness (QED) is 0.723. The molecule has 1 amide bonds. The highest BCUT2D eigenvalue weighted by atomic mass is 16.2. The molecule has 1 aliphatic rings. The van der Waals surface area contributed by atoms with Gasteiger partial charge in [0.15, 0.2) is 0 Å². The molecular weight excluding hydrogens is 274 g/mol. The van der Waals surface area contributed by atoms with Crippen molar-refractivity contribution in [2.75, 3.05) is 26.2 Å². The van der Waals surface area contributed by atoms with Gasteiger partial charge >= 0.3 is 0 Å². The zero-order chi connectivity index (χ0) is 15.6. The molecule has 122 valence electrons. The fraction of sp³-hybridized carbons (Fsp3) is 0.611. The van der Waals surface area contributed by atoms with E-state index < -0.39 is 0 Å². The lowest BCUT2D eigenvalue weighted by Crippen LogP contribution is -2.50. The van der Waals surface area contributed by atoms with Crippen LogP contribution >= 0.6 is 0 Å². The number of carbonyl (C=O) groups excluding carboxylic acids is 1. The summed E-state index contributed by atoms with van der Waals surface area (Å²) in [5, 5.41) is 6.40. The Labute approximate surface area is 134 Å². The van der Waals surface area contributed by atoms with Gasteiger partial charge in [0.25, 0.3) is 0 Å². The highest BCUT2D eigenvalue weighted by molar-refractivity contribution is 5.81. The number of hydrogen-bond acceptors (Lipinski definition) is 3. The molecule has 1 heterocycles. The smallest absolute Gasteiger partial charge is 0.237 e. The predicted octanol–water partition coefficient (Wildman–Crippen LogP) is 2.16. The van der Waals surface area contributed by atoms with Crippen molar-refractivity contribution in [3.05, 3.63) is 35.9 Å². The van der Waals surface area contributed by atoms with Crippen LogP contribution in [-0.2, 0) is 11.3 Å². The second-order valence-corrected chi connectivity index (χ2v) is 6.01. The largest absolute Gasteiger partial charge is 0.353 e. The molecule has 1 saturated heterocycles. The van der Waals surface area contributed by atoms with E-state index in [2.05, 4.69) is 46.7 Å². The number of piperidine rings is 1. The highest BCUT2D eigenvalue weighted by Gasteiger charge is 2.28. The molecule has 22 heavy (non-hydrogen) atoms. The summed E-state index contributed by atoms with van der Waals surface area (Å²) >= 11 is 0. The number of rotatable bonds is 8. The Morgan fingerprint density at radius 1 is 1.18 bits per heavy atom. The summed E-state index contributed by atoms with van der Waals surface area (Å²) in [5.74, 6) is 0.189. The first-order valence-corrected chi connectivity index (χ1v) is 8.57. The number of benzene rings is 1. The average molecular weight is 303 g/mol. The van der Waals surface area contributed by atoms with E-state index in [1.807, 2.05) is 6.07 Å². The average Bonchev–Trinajstić information content (AvgIpc) is 2.56. The van der Waals surface area contributed by atoms with Crippen LogP contribution in [0.3, 0.4) is 0 Å². The Morgan fingerprint density at radius 2 is 2.00 bits per heavy atom. The lowest BCUT2D eigenvalue weighted by molar-refractivity contribution is -0.127. The molecule has 1 aromatic rings. The summed E-state index contributed by atoms with van der Waals surface area (Å²) in [5.41, 5.74) is 1.28. The second-order valence-electron chi connectivity index (χ2n) is 6.01. The van der Waals surface area contributed by atoms with E-state index in [0.29, 0.717) is 6.54 Å². The fourth-order valence-electron chi connectivity index (χ4n) is 2.99. The van der Waals surface area contributed by atoms with Crippen LogP contribution in [0, 0.1) is 0 Å². The minimum atomic E-state index is 0.0279. The van der Waals surface area contributed by atoms with Gasteiger partial charge in [0, 0.05) is 19.6 Å². The molecule has 1 atom stereocenters. The Kier molecular flexibility index (Phi) is 7.40. The number of likely N-dealkylation sites (tertiary alicyclic amines) is 1. The minimum absolute atomic E-state index is 0.0279. The molecule has 4 heteroatoms. The topological polar surface area (TPSA) is 44.4 Å². The van der Waals surface area contributed by atoms with Crippen LogP contribution in [0.25, 0.3) is 0 Å². The zero-order valence-corrected chi connectivity index (χ0v) is 13.7. The SMILES string of the molecule is CCCNCCNC(=O)C1CCCCN1Cc1ccccc1. The lowest BCUT2D eigenvalue weighted by atomic mass is 10.0. The van der Waals surface area contributed by atoms with Crippen LogP contribution in [-0.4, -0.2) is 43.0 Å². The minimum Gasteiger partial charge on any atom is -0.353 e. The summed E-state index contributed by atoms with van der Waals surface area (Å²) < 4.78 is 0.